The minimum absolute atomic E-state index is 0.994. The molecule has 0 aromatic carbocycles. The summed E-state index contributed by atoms with van der Waals surface area (Å²) in [6.07, 6.45) is 5.84. The molecule has 0 radical (unpaired) electrons. The van der Waals surface area contributed by atoms with E-state index in [-0.39, 0.29) is 0 Å². The van der Waals surface area contributed by atoms with Crippen molar-refractivity contribution in [2.45, 2.75) is 60.3 Å². The molecule has 0 amide bonds. The summed E-state index contributed by atoms with van der Waals surface area (Å²) in [5, 5.41) is 0. The van der Waals surface area contributed by atoms with Gasteiger partial charge in [-0.05, 0) is 37.0 Å². The predicted molar refractivity (Wildman–Crippen MR) is 57.3 cm³/mol. The summed E-state index contributed by atoms with van der Waals surface area (Å²) in [7, 11) is 0. The molecule has 0 spiro atoms. The Kier molecular flexibility index (Phi) is 6.51. The lowest BCUT2D eigenvalue weighted by Gasteiger charge is -2.30. The van der Waals surface area contributed by atoms with Crippen molar-refractivity contribution in [3.8, 4) is 0 Å². The first kappa shape index (κ1) is 12.0. The van der Waals surface area contributed by atoms with Crippen molar-refractivity contribution >= 4 is 0 Å². The first-order valence-corrected chi connectivity index (χ1v) is 5.72. The summed E-state index contributed by atoms with van der Waals surface area (Å²) >= 11 is 0. The van der Waals surface area contributed by atoms with Gasteiger partial charge in [-0.3, -0.25) is 0 Å². The smallest absolute Gasteiger partial charge is 0.0412 e. The average Bonchev–Trinajstić information content (AvgIpc) is 2.06. The van der Waals surface area contributed by atoms with Crippen LogP contribution in [0.1, 0.15) is 60.3 Å². The van der Waals surface area contributed by atoms with Gasteiger partial charge in [0.1, 0.15) is 0 Å². The summed E-state index contributed by atoms with van der Waals surface area (Å²) in [4.78, 5) is 0. The molecule has 2 unspecified atom stereocenters. The summed E-state index contributed by atoms with van der Waals surface area (Å²) in [6.45, 7) is 11.1. The van der Waals surface area contributed by atoms with E-state index in [1.807, 2.05) is 13.8 Å². The van der Waals surface area contributed by atoms with Crippen molar-refractivity contribution in [2.75, 3.05) is 0 Å². The van der Waals surface area contributed by atoms with E-state index in [9.17, 15) is 0 Å². The summed E-state index contributed by atoms with van der Waals surface area (Å²) in [5.41, 5.74) is 0. The van der Waals surface area contributed by atoms with Crippen LogP contribution in [0.4, 0.5) is 0 Å². The highest BCUT2D eigenvalue weighted by Crippen LogP contribution is 2.34. The van der Waals surface area contributed by atoms with Crippen molar-refractivity contribution in [3.05, 3.63) is 0 Å². The lowest BCUT2D eigenvalue weighted by atomic mass is 9.76. The summed E-state index contributed by atoms with van der Waals surface area (Å²) in [6, 6.07) is 0. The first-order chi connectivity index (χ1) is 5.72. The number of hydrogen-bond acceptors (Lipinski definition) is 0. The van der Waals surface area contributed by atoms with Gasteiger partial charge < -0.3 is 0 Å². The molecule has 0 saturated heterocycles. The molecule has 0 heterocycles. The molecule has 0 aliphatic heterocycles. The van der Waals surface area contributed by atoms with E-state index in [4.69, 9.17) is 0 Å². The maximum atomic E-state index is 2.40. The molecule has 0 N–H and O–H groups in total. The third-order valence-electron chi connectivity index (χ3n) is 2.85. The Bertz CT molecular complexity index is 86.2. The van der Waals surface area contributed by atoms with Crippen LogP contribution in [-0.2, 0) is 0 Å². The molecule has 0 aromatic heterocycles. The second-order valence-corrected chi connectivity index (χ2v) is 4.19. The minimum Gasteiger partial charge on any atom is -0.0683 e. The first-order valence-electron chi connectivity index (χ1n) is 5.72. The predicted octanol–water partition coefficient (Wildman–Crippen LogP) is 4.49. The Balaban J connectivity index is 0.000000561. The number of rotatable bonds is 1. The molecule has 1 saturated carbocycles. The molecule has 1 fully saturated rings. The lowest BCUT2D eigenvalue weighted by Crippen LogP contribution is -2.18. The number of hydrogen-bond donors (Lipinski definition) is 0. The molecular formula is C12H26. The van der Waals surface area contributed by atoms with Gasteiger partial charge in [0, 0.05) is 0 Å². The van der Waals surface area contributed by atoms with E-state index < -0.39 is 0 Å². The minimum atomic E-state index is 0.994. The van der Waals surface area contributed by atoms with Gasteiger partial charge in [0.05, 0.1) is 0 Å². The van der Waals surface area contributed by atoms with Crippen LogP contribution in [0.5, 0.6) is 0 Å². The summed E-state index contributed by atoms with van der Waals surface area (Å²) < 4.78 is 0. The average molecular weight is 170 g/mol. The molecule has 3 atom stereocenters. The monoisotopic (exact) mass is 170 g/mol. The zero-order valence-corrected chi connectivity index (χ0v) is 9.56. The van der Waals surface area contributed by atoms with Crippen molar-refractivity contribution in [3.63, 3.8) is 0 Å². The van der Waals surface area contributed by atoms with E-state index in [1.54, 1.807) is 0 Å². The Morgan fingerprint density at radius 2 is 1.33 bits per heavy atom. The fourth-order valence-corrected chi connectivity index (χ4v) is 2.45. The van der Waals surface area contributed by atoms with Gasteiger partial charge in [-0.1, -0.05) is 41.0 Å². The van der Waals surface area contributed by atoms with E-state index >= 15 is 0 Å². The molecule has 0 nitrogen and oxygen atoms in total. The van der Waals surface area contributed by atoms with Crippen LogP contribution in [0.15, 0.2) is 0 Å². The SMILES string of the molecule is CC.CCC1CC(C)C[C@H](C)C1. The summed E-state index contributed by atoms with van der Waals surface area (Å²) in [5.74, 6) is 3.03. The highest BCUT2D eigenvalue weighted by Gasteiger charge is 2.21. The maximum Gasteiger partial charge on any atom is -0.0412 e. The van der Waals surface area contributed by atoms with Crippen LogP contribution in [0.2, 0.25) is 0 Å². The third kappa shape index (κ3) is 4.13. The molecule has 0 aromatic rings. The standard InChI is InChI=1S/C10H20.C2H6/c1-4-10-6-8(2)5-9(3)7-10;1-2/h8-10H,4-7H2,1-3H3;1-2H3/t8-,9?,10?;/m0./s1. The quantitative estimate of drug-likeness (QED) is 0.543. The molecule has 74 valence electrons. The fourth-order valence-electron chi connectivity index (χ4n) is 2.45. The van der Waals surface area contributed by atoms with E-state index in [2.05, 4.69) is 20.8 Å². The van der Waals surface area contributed by atoms with E-state index in [0.29, 0.717) is 0 Å². The molecule has 12 heavy (non-hydrogen) atoms. The van der Waals surface area contributed by atoms with Gasteiger partial charge in [0.2, 0.25) is 0 Å². The fraction of sp³-hybridized carbons (Fsp3) is 1.00. The molecule has 1 rings (SSSR count). The van der Waals surface area contributed by atoms with Crippen LogP contribution in [0.25, 0.3) is 0 Å². The zero-order valence-electron chi connectivity index (χ0n) is 9.56. The van der Waals surface area contributed by atoms with E-state index in [1.165, 1.54) is 25.7 Å². The highest BCUT2D eigenvalue weighted by atomic mass is 14.3. The van der Waals surface area contributed by atoms with Gasteiger partial charge in [-0.2, -0.15) is 0 Å². The van der Waals surface area contributed by atoms with Crippen molar-refractivity contribution < 1.29 is 0 Å². The maximum absolute atomic E-state index is 2.40. The van der Waals surface area contributed by atoms with Crippen molar-refractivity contribution in [2.24, 2.45) is 17.8 Å². The highest BCUT2D eigenvalue weighted by molar-refractivity contribution is 4.73. The molecular weight excluding hydrogens is 144 g/mol. The van der Waals surface area contributed by atoms with Crippen LogP contribution in [-0.4, -0.2) is 0 Å². The second kappa shape index (κ2) is 6.51. The van der Waals surface area contributed by atoms with Crippen molar-refractivity contribution in [1.82, 2.24) is 0 Å². The van der Waals surface area contributed by atoms with E-state index in [0.717, 1.165) is 17.8 Å². The third-order valence-corrected chi connectivity index (χ3v) is 2.85. The van der Waals surface area contributed by atoms with Crippen LogP contribution in [0, 0.1) is 17.8 Å². The Labute approximate surface area is 78.8 Å². The molecule has 0 heteroatoms. The zero-order chi connectivity index (χ0) is 9.56. The van der Waals surface area contributed by atoms with Gasteiger partial charge in [0.15, 0.2) is 0 Å². The van der Waals surface area contributed by atoms with Crippen LogP contribution >= 0.6 is 0 Å². The molecule has 0 bridgehead atoms. The van der Waals surface area contributed by atoms with Gasteiger partial charge >= 0.3 is 0 Å². The van der Waals surface area contributed by atoms with Gasteiger partial charge in [-0.15, -0.1) is 0 Å². The van der Waals surface area contributed by atoms with Crippen LogP contribution in [0.3, 0.4) is 0 Å². The largest absolute Gasteiger partial charge is 0.0683 e. The molecule has 1 aliphatic rings. The van der Waals surface area contributed by atoms with Gasteiger partial charge in [-0.25, -0.2) is 0 Å². The lowest BCUT2D eigenvalue weighted by molar-refractivity contribution is 0.215. The second-order valence-electron chi connectivity index (χ2n) is 4.19. The van der Waals surface area contributed by atoms with Gasteiger partial charge in [0.25, 0.3) is 0 Å². The van der Waals surface area contributed by atoms with Crippen molar-refractivity contribution in [1.29, 1.82) is 0 Å². The molecule has 1 aliphatic carbocycles. The topological polar surface area (TPSA) is 0 Å². The Hall–Kier alpha value is 0. The Morgan fingerprint density at radius 3 is 1.67 bits per heavy atom. The van der Waals surface area contributed by atoms with Crippen LogP contribution < -0.4 is 0 Å². The Morgan fingerprint density at radius 1 is 0.917 bits per heavy atom. The normalized spacial score (nSPS) is 35.2.